The van der Waals surface area contributed by atoms with Gasteiger partial charge in [0.05, 0.1) is 22.6 Å². The van der Waals surface area contributed by atoms with Gasteiger partial charge in [-0.1, -0.05) is 29.5 Å². The van der Waals surface area contributed by atoms with E-state index >= 15 is 0 Å². The van der Waals surface area contributed by atoms with Gasteiger partial charge < -0.3 is 15.5 Å². The van der Waals surface area contributed by atoms with Gasteiger partial charge in [-0.05, 0) is 60.9 Å². The standard InChI is InChI=1S/C26H21F3N4O5/c27-26(28,29)18-5-3-4-16(14-18)23(35)30-21-9-8-15(13-22(21)34)12-17(25(37)38)10-11-33-24(36)19-6-1-2-7-20(19)31-32-33/h1-9,13-14,17,34H,10-12H2,(H,30,35)(H,37,38)/t17-/m1/s1. The molecule has 1 aromatic heterocycles. The number of aromatic nitrogens is 3. The van der Waals surface area contributed by atoms with Gasteiger partial charge in [0.2, 0.25) is 0 Å². The summed E-state index contributed by atoms with van der Waals surface area (Å²) in [6.07, 6.45) is -4.56. The minimum absolute atomic E-state index is 0.000504. The number of rotatable bonds is 8. The second kappa shape index (κ2) is 10.7. The van der Waals surface area contributed by atoms with Crippen LogP contribution in [0.4, 0.5) is 18.9 Å². The number of carbonyl (C=O) groups excluding carboxylic acids is 1. The summed E-state index contributed by atoms with van der Waals surface area (Å²) in [7, 11) is 0. The van der Waals surface area contributed by atoms with Gasteiger partial charge in [0.25, 0.3) is 11.5 Å². The first-order valence-electron chi connectivity index (χ1n) is 11.4. The highest BCUT2D eigenvalue weighted by Crippen LogP contribution is 2.30. The van der Waals surface area contributed by atoms with Crippen LogP contribution in [0.5, 0.6) is 5.75 Å². The Hall–Kier alpha value is -4.74. The number of hydrogen-bond donors (Lipinski definition) is 3. The number of halogens is 3. The number of aryl methyl sites for hydroxylation is 1. The maximum absolute atomic E-state index is 12.9. The van der Waals surface area contributed by atoms with Crippen molar-refractivity contribution in [2.24, 2.45) is 5.92 Å². The number of benzene rings is 3. The van der Waals surface area contributed by atoms with E-state index < -0.39 is 35.1 Å². The molecule has 9 nitrogen and oxygen atoms in total. The molecule has 38 heavy (non-hydrogen) atoms. The van der Waals surface area contributed by atoms with Crippen molar-refractivity contribution in [3.05, 3.63) is 93.8 Å². The fourth-order valence-corrected chi connectivity index (χ4v) is 3.89. The van der Waals surface area contributed by atoms with Crippen LogP contribution in [0.1, 0.15) is 27.9 Å². The number of nitrogens with zero attached hydrogens (tertiary/aromatic N) is 3. The number of anilines is 1. The molecule has 0 saturated carbocycles. The van der Waals surface area contributed by atoms with Crippen molar-refractivity contribution >= 4 is 28.5 Å². The molecule has 0 radical (unpaired) electrons. The lowest BCUT2D eigenvalue weighted by molar-refractivity contribution is -0.142. The van der Waals surface area contributed by atoms with Crippen molar-refractivity contribution in [3.8, 4) is 5.75 Å². The van der Waals surface area contributed by atoms with E-state index in [1.165, 1.54) is 24.3 Å². The predicted octanol–water partition coefficient (Wildman–Crippen LogP) is 4.10. The minimum atomic E-state index is -4.62. The summed E-state index contributed by atoms with van der Waals surface area (Å²) in [5.41, 5.74) is -0.815. The Morgan fingerprint density at radius 3 is 2.50 bits per heavy atom. The van der Waals surface area contributed by atoms with E-state index in [1.807, 2.05) is 0 Å². The Balaban J connectivity index is 1.44. The zero-order valence-corrected chi connectivity index (χ0v) is 19.6. The number of nitrogens with one attached hydrogen (secondary N) is 1. The number of carboxylic acid groups (broad SMARTS) is 1. The lowest BCUT2D eigenvalue weighted by Crippen LogP contribution is -2.27. The van der Waals surface area contributed by atoms with Crippen molar-refractivity contribution in [1.29, 1.82) is 0 Å². The number of aromatic hydroxyl groups is 1. The third-order valence-corrected chi connectivity index (χ3v) is 5.91. The Kier molecular flexibility index (Phi) is 7.42. The summed E-state index contributed by atoms with van der Waals surface area (Å²) in [5.74, 6) is -3.29. The smallest absolute Gasteiger partial charge is 0.416 e. The molecule has 0 aliphatic rings. The number of fused-ring (bicyclic) bond motifs is 1. The van der Waals surface area contributed by atoms with Crippen LogP contribution in [0, 0.1) is 5.92 Å². The van der Waals surface area contributed by atoms with Crippen molar-refractivity contribution in [1.82, 2.24) is 15.0 Å². The third-order valence-electron chi connectivity index (χ3n) is 5.91. The van der Waals surface area contributed by atoms with Gasteiger partial charge in [0.15, 0.2) is 0 Å². The number of amides is 1. The molecule has 4 aromatic rings. The molecule has 3 N–H and O–H groups in total. The maximum atomic E-state index is 12.9. The minimum Gasteiger partial charge on any atom is -0.506 e. The highest BCUT2D eigenvalue weighted by molar-refractivity contribution is 6.05. The SMILES string of the molecule is O=C(Nc1ccc(C[C@@H](CCn2nnc3ccccc3c2=O)C(=O)O)cc1O)c1cccc(C(F)(F)F)c1. The van der Waals surface area contributed by atoms with E-state index in [1.54, 1.807) is 24.3 Å². The van der Waals surface area contributed by atoms with Crippen molar-refractivity contribution in [2.45, 2.75) is 25.6 Å². The number of hydrogen-bond acceptors (Lipinski definition) is 6. The number of alkyl halides is 3. The molecule has 0 aliphatic carbocycles. The van der Waals surface area contributed by atoms with Crippen molar-refractivity contribution < 1.29 is 33.0 Å². The zero-order chi connectivity index (χ0) is 27.4. The molecule has 1 heterocycles. The second-order valence-corrected chi connectivity index (χ2v) is 8.55. The van der Waals surface area contributed by atoms with E-state index in [4.69, 9.17) is 0 Å². The zero-order valence-electron chi connectivity index (χ0n) is 19.6. The lowest BCUT2D eigenvalue weighted by Gasteiger charge is -2.14. The average Bonchev–Trinajstić information content (AvgIpc) is 2.88. The summed E-state index contributed by atoms with van der Waals surface area (Å²) < 4.78 is 39.9. The number of carbonyl (C=O) groups is 2. The largest absolute Gasteiger partial charge is 0.506 e. The molecular formula is C26H21F3N4O5. The van der Waals surface area contributed by atoms with Crippen LogP contribution in [0.25, 0.3) is 10.9 Å². The Morgan fingerprint density at radius 1 is 1.03 bits per heavy atom. The molecular weight excluding hydrogens is 505 g/mol. The van der Waals surface area contributed by atoms with Crippen LogP contribution < -0.4 is 10.9 Å². The molecule has 12 heteroatoms. The van der Waals surface area contributed by atoms with Gasteiger partial charge in [-0.15, -0.1) is 5.10 Å². The maximum Gasteiger partial charge on any atom is 0.416 e. The van der Waals surface area contributed by atoms with Crippen molar-refractivity contribution in [3.63, 3.8) is 0 Å². The molecule has 0 saturated heterocycles. The van der Waals surface area contributed by atoms with E-state index in [9.17, 15) is 37.8 Å². The van der Waals surface area contributed by atoms with Crippen molar-refractivity contribution in [2.75, 3.05) is 5.32 Å². The molecule has 0 fully saturated rings. The molecule has 0 aliphatic heterocycles. The summed E-state index contributed by atoms with van der Waals surface area (Å²) in [6, 6.07) is 14.6. The van der Waals surface area contributed by atoms with Crippen LogP contribution in [0.3, 0.4) is 0 Å². The quantitative estimate of drug-likeness (QED) is 0.294. The summed E-state index contributed by atoms with van der Waals surface area (Å²) in [4.78, 5) is 36.9. The third kappa shape index (κ3) is 5.97. The lowest BCUT2D eigenvalue weighted by atomic mass is 9.96. The van der Waals surface area contributed by atoms with Gasteiger partial charge in [-0.25, -0.2) is 4.68 Å². The molecule has 4 rings (SSSR count). The molecule has 3 aromatic carbocycles. The fraction of sp³-hybridized carbons (Fsp3) is 0.192. The van der Waals surface area contributed by atoms with Gasteiger partial charge in [0.1, 0.15) is 11.3 Å². The molecule has 0 bridgehead atoms. The number of phenols is 1. The van der Waals surface area contributed by atoms with Gasteiger partial charge >= 0.3 is 12.1 Å². The molecule has 1 atom stereocenters. The van der Waals surface area contributed by atoms with Gasteiger partial charge in [0, 0.05) is 12.1 Å². The first kappa shape index (κ1) is 26.3. The molecule has 196 valence electrons. The Labute approximate surface area is 213 Å². The van der Waals surface area contributed by atoms with E-state index in [0.29, 0.717) is 22.5 Å². The normalized spacial score (nSPS) is 12.3. The van der Waals surface area contributed by atoms with E-state index in [0.717, 1.165) is 16.8 Å². The van der Waals surface area contributed by atoms with E-state index in [-0.39, 0.29) is 36.4 Å². The summed E-state index contributed by atoms with van der Waals surface area (Å²) in [5, 5.41) is 30.6. The van der Waals surface area contributed by atoms with Crippen LogP contribution in [0.15, 0.2) is 71.5 Å². The highest BCUT2D eigenvalue weighted by Gasteiger charge is 2.31. The number of aliphatic carboxylic acids is 1. The van der Waals surface area contributed by atoms with Crippen LogP contribution in [-0.2, 0) is 23.9 Å². The Morgan fingerprint density at radius 2 is 1.79 bits per heavy atom. The Bertz CT molecular complexity index is 1570. The number of carboxylic acids is 1. The predicted molar refractivity (Wildman–Crippen MR) is 131 cm³/mol. The van der Waals surface area contributed by atoms with Gasteiger partial charge in [-0.3, -0.25) is 14.4 Å². The van der Waals surface area contributed by atoms with E-state index in [2.05, 4.69) is 15.6 Å². The number of phenolic OH excluding ortho intramolecular Hbond substituents is 1. The topological polar surface area (TPSA) is 134 Å². The molecule has 1 amide bonds. The fourth-order valence-electron chi connectivity index (χ4n) is 3.89. The molecule has 0 spiro atoms. The van der Waals surface area contributed by atoms with Crippen LogP contribution in [0.2, 0.25) is 0 Å². The van der Waals surface area contributed by atoms with Gasteiger partial charge in [-0.2, -0.15) is 13.2 Å². The first-order valence-corrected chi connectivity index (χ1v) is 11.4. The monoisotopic (exact) mass is 526 g/mol. The highest BCUT2D eigenvalue weighted by atomic mass is 19.4. The molecule has 0 unspecified atom stereocenters. The first-order chi connectivity index (χ1) is 18.0. The van der Waals surface area contributed by atoms with Crippen LogP contribution in [-0.4, -0.2) is 37.1 Å². The second-order valence-electron chi connectivity index (χ2n) is 8.55. The van der Waals surface area contributed by atoms with Crippen LogP contribution >= 0.6 is 0 Å². The summed E-state index contributed by atoms with van der Waals surface area (Å²) in [6.45, 7) is 0.00471. The summed E-state index contributed by atoms with van der Waals surface area (Å²) >= 11 is 0. The average molecular weight is 526 g/mol.